The first-order chi connectivity index (χ1) is 15.6. The van der Waals surface area contributed by atoms with E-state index in [0.29, 0.717) is 32.5 Å². The molecule has 32 heavy (non-hydrogen) atoms. The van der Waals surface area contributed by atoms with Crippen LogP contribution < -0.4 is 15.1 Å². The van der Waals surface area contributed by atoms with Gasteiger partial charge in [0.1, 0.15) is 0 Å². The molecule has 2 fully saturated rings. The Morgan fingerprint density at radius 1 is 1.00 bits per heavy atom. The lowest BCUT2D eigenvalue weighted by Crippen LogP contribution is -2.75. The van der Waals surface area contributed by atoms with E-state index in [4.69, 9.17) is 0 Å². The minimum Gasteiger partial charge on any atom is -0.368 e. The van der Waals surface area contributed by atoms with Crippen molar-refractivity contribution in [3.05, 3.63) is 60.2 Å². The van der Waals surface area contributed by atoms with Crippen molar-refractivity contribution in [3.8, 4) is 0 Å². The Kier molecular flexibility index (Phi) is 5.12. The number of urea groups is 1. The molecule has 3 aliphatic rings. The van der Waals surface area contributed by atoms with Crippen molar-refractivity contribution in [3.63, 3.8) is 0 Å². The Morgan fingerprint density at radius 3 is 2.53 bits per heavy atom. The second kappa shape index (κ2) is 7.97. The van der Waals surface area contributed by atoms with Crippen LogP contribution in [0.4, 0.5) is 16.2 Å². The molecule has 7 heteroatoms. The number of piperazine rings is 1. The molecular formula is C25H28N4O3. The highest BCUT2D eigenvalue weighted by Crippen LogP contribution is 2.46. The molecule has 7 nitrogen and oxygen atoms in total. The Labute approximate surface area is 188 Å². The van der Waals surface area contributed by atoms with Gasteiger partial charge in [0.15, 0.2) is 5.41 Å². The van der Waals surface area contributed by atoms with Crippen molar-refractivity contribution < 1.29 is 14.4 Å². The zero-order chi connectivity index (χ0) is 22.3. The maximum Gasteiger partial charge on any atom is 0.330 e. The molecule has 4 amide bonds. The van der Waals surface area contributed by atoms with Crippen molar-refractivity contribution in [2.75, 3.05) is 36.0 Å². The lowest BCUT2D eigenvalue weighted by molar-refractivity contribution is -0.153. The molecule has 3 aliphatic heterocycles. The van der Waals surface area contributed by atoms with Crippen molar-refractivity contribution in [2.24, 2.45) is 5.41 Å². The van der Waals surface area contributed by atoms with Crippen LogP contribution in [0.3, 0.4) is 0 Å². The summed E-state index contributed by atoms with van der Waals surface area (Å²) in [4.78, 5) is 45.7. The van der Waals surface area contributed by atoms with Crippen LogP contribution in [0, 0.1) is 5.41 Å². The Bertz CT molecular complexity index is 1060. The standard InChI is InChI=1S/C25H28N4O3/c1-2-3-13-29-23(31)25(22(30)26-24(29)32)16-18-9-7-8-12-20(18)28-15-14-27(17-21(25)28)19-10-5-4-6-11-19/h4-12,21H,2-3,13-17H2,1H3,(H,26,30,32)/t21-,25-/m0/s1. The summed E-state index contributed by atoms with van der Waals surface area (Å²) >= 11 is 0. The zero-order valence-corrected chi connectivity index (χ0v) is 18.3. The van der Waals surface area contributed by atoms with Gasteiger partial charge < -0.3 is 9.80 Å². The summed E-state index contributed by atoms with van der Waals surface area (Å²) in [6.07, 6.45) is 1.87. The molecule has 166 valence electrons. The van der Waals surface area contributed by atoms with E-state index >= 15 is 0 Å². The monoisotopic (exact) mass is 432 g/mol. The van der Waals surface area contributed by atoms with Gasteiger partial charge in [-0.05, 0) is 36.6 Å². The number of anilines is 2. The number of hydrogen-bond donors (Lipinski definition) is 1. The minimum absolute atomic E-state index is 0.299. The van der Waals surface area contributed by atoms with Gasteiger partial charge in [-0.3, -0.25) is 19.8 Å². The summed E-state index contributed by atoms with van der Waals surface area (Å²) in [5.74, 6) is -0.834. The Morgan fingerprint density at radius 2 is 1.75 bits per heavy atom. The number of nitrogens with zero attached hydrogens (tertiary/aromatic N) is 3. The van der Waals surface area contributed by atoms with E-state index in [1.54, 1.807) is 0 Å². The third-order valence-corrected chi connectivity index (χ3v) is 7.07. The van der Waals surface area contributed by atoms with Crippen molar-refractivity contribution in [1.82, 2.24) is 10.2 Å². The fourth-order valence-electron chi connectivity index (χ4n) is 5.40. The average Bonchev–Trinajstić information content (AvgIpc) is 2.83. The van der Waals surface area contributed by atoms with E-state index < -0.39 is 17.4 Å². The smallest absolute Gasteiger partial charge is 0.330 e. The van der Waals surface area contributed by atoms with Gasteiger partial charge in [0, 0.05) is 37.6 Å². The Hall–Kier alpha value is -3.35. The number of rotatable bonds is 4. The Balaban J connectivity index is 1.60. The summed E-state index contributed by atoms with van der Waals surface area (Å²) in [6, 6.07) is 17.1. The van der Waals surface area contributed by atoms with Gasteiger partial charge in [-0.1, -0.05) is 49.7 Å². The first-order valence-corrected chi connectivity index (χ1v) is 11.4. The number of benzene rings is 2. The zero-order valence-electron chi connectivity index (χ0n) is 18.3. The maximum atomic E-state index is 13.9. The van der Waals surface area contributed by atoms with Gasteiger partial charge in [-0.15, -0.1) is 0 Å². The lowest BCUT2D eigenvalue weighted by atomic mass is 9.67. The van der Waals surface area contributed by atoms with E-state index in [1.807, 2.05) is 43.3 Å². The second-order valence-electron chi connectivity index (χ2n) is 8.84. The molecule has 1 spiro atoms. The summed E-state index contributed by atoms with van der Waals surface area (Å²) in [6.45, 7) is 4.37. The number of carbonyl (C=O) groups is 3. The second-order valence-corrected chi connectivity index (χ2v) is 8.84. The van der Waals surface area contributed by atoms with Gasteiger partial charge in [-0.25, -0.2) is 4.79 Å². The van der Waals surface area contributed by atoms with Gasteiger partial charge in [-0.2, -0.15) is 0 Å². The molecule has 5 rings (SSSR count). The molecule has 0 aromatic heterocycles. The highest BCUT2D eigenvalue weighted by atomic mass is 16.2. The number of para-hydroxylation sites is 2. The van der Waals surface area contributed by atoms with Crippen LogP contribution in [-0.4, -0.2) is 55.0 Å². The first-order valence-electron chi connectivity index (χ1n) is 11.4. The van der Waals surface area contributed by atoms with Crippen LogP contribution in [0.25, 0.3) is 0 Å². The van der Waals surface area contributed by atoms with E-state index in [-0.39, 0.29) is 11.9 Å². The molecule has 0 saturated carbocycles. The molecule has 1 N–H and O–H groups in total. The number of nitrogens with one attached hydrogen (secondary N) is 1. The van der Waals surface area contributed by atoms with Crippen molar-refractivity contribution >= 4 is 29.2 Å². The normalized spacial score (nSPS) is 25.0. The fourth-order valence-corrected chi connectivity index (χ4v) is 5.40. The number of imide groups is 2. The van der Waals surface area contributed by atoms with Crippen molar-refractivity contribution in [1.29, 1.82) is 0 Å². The number of unbranched alkanes of at least 4 members (excludes halogenated alkanes) is 1. The topological polar surface area (TPSA) is 73.0 Å². The number of fused-ring (bicyclic) bond motifs is 4. The van der Waals surface area contributed by atoms with Gasteiger partial charge in [0.2, 0.25) is 11.8 Å². The molecule has 2 aromatic rings. The van der Waals surface area contributed by atoms with Gasteiger partial charge in [0.05, 0.1) is 6.04 Å². The number of barbiturate groups is 1. The van der Waals surface area contributed by atoms with Crippen LogP contribution in [0.2, 0.25) is 0 Å². The summed E-state index contributed by atoms with van der Waals surface area (Å²) in [5.41, 5.74) is 1.80. The maximum absolute atomic E-state index is 13.9. The SMILES string of the molecule is CCCCN1C(=O)NC(=O)[C@@]2(Cc3ccccc3N3CCN(c4ccccc4)C[C@H]32)C1=O. The predicted octanol–water partition coefficient (Wildman–Crippen LogP) is 2.80. The van der Waals surface area contributed by atoms with Crippen LogP contribution in [-0.2, 0) is 16.0 Å². The van der Waals surface area contributed by atoms with Crippen LogP contribution in [0.5, 0.6) is 0 Å². The minimum atomic E-state index is -1.33. The number of amides is 4. The highest BCUT2D eigenvalue weighted by Gasteiger charge is 2.62. The van der Waals surface area contributed by atoms with E-state index in [1.165, 1.54) is 4.90 Å². The van der Waals surface area contributed by atoms with Crippen LogP contribution in [0.1, 0.15) is 25.3 Å². The van der Waals surface area contributed by atoms with E-state index in [2.05, 4.69) is 33.3 Å². The van der Waals surface area contributed by atoms with E-state index in [0.717, 1.165) is 29.9 Å². The fraction of sp³-hybridized carbons (Fsp3) is 0.400. The van der Waals surface area contributed by atoms with E-state index in [9.17, 15) is 14.4 Å². The quantitative estimate of drug-likeness (QED) is 0.753. The van der Waals surface area contributed by atoms with Crippen LogP contribution >= 0.6 is 0 Å². The molecule has 2 saturated heterocycles. The number of hydrogen-bond acceptors (Lipinski definition) is 5. The summed E-state index contributed by atoms with van der Waals surface area (Å²) in [5, 5.41) is 2.53. The largest absolute Gasteiger partial charge is 0.368 e. The molecule has 2 aromatic carbocycles. The molecule has 0 unspecified atom stereocenters. The first kappa shape index (κ1) is 20.5. The molecule has 0 radical (unpaired) electrons. The third-order valence-electron chi connectivity index (χ3n) is 7.07. The summed E-state index contributed by atoms with van der Waals surface area (Å²) in [7, 11) is 0. The molecule has 3 heterocycles. The molecule has 0 bridgehead atoms. The average molecular weight is 433 g/mol. The molecule has 0 aliphatic carbocycles. The highest BCUT2D eigenvalue weighted by molar-refractivity contribution is 6.20. The third kappa shape index (κ3) is 3.06. The summed E-state index contributed by atoms with van der Waals surface area (Å²) < 4.78 is 0. The van der Waals surface area contributed by atoms with Gasteiger partial charge >= 0.3 is 6.03 Å². The lowest BCUT2D eigenvalue weighted by Gasteiger charge is -2.55. The van der Waals surface area contributed by atoms with Crippen LogP contribution in [0.15, 0.2) is 54.6 Å². The molecule has 2 atom stereocenters. The van der Waals surface area contributed by atoms with Gasteiger partial charge in [0.25, 0.3) is 0 Å². The predicted molar refractivity (Wildman–Crippen MR) is 123 cm³/mol. The van der Waals surface area contributed by atoms with Crippen molar-refractivity contribution in [2.45, 2.75) is 32.2 Å². The number of carbonyl (C=O) groups excluding carboxylic acids is 3. The molecular weight excluding hydrogens is 404 g/mol.